The molecule has 0 aromatic rings. The smallest absolute Gasteiger partial charge is 0.320 e. The van der Waals surface area contributed by atoms with Crippen LogP contribution in [0.1, 0.15) is 25.7 Å². The van der Waals surface area contributed by atoms with Crippen LogP contribution in [0.4, 0.5) is 0 Å². The molecule has 0 radical (unpaired) electrons. The van der Waals surface area contributed by atoms with Crippen LogP contribution in [0.5, 0.6) is 0 Å². The molecule has 0 saturated heterocycles. The number of carboxylic acid groups (broad SMARTS) is 2. The molecular formula is C8H16N2O4. The first-order valence-corrected chi connectivity index (χ1v) is 4.39. The molecule has 0 aliphatic carbocycles. The van der Waals surface area contributed by atoms with Gasteiger partial charge in [0.2, 0.25) is 0 Å². The molecule has 0 aromatic carbocycles. The molecule has 0 spiro atoms. The standard InChI is InChI=1S/C8H16N2O4/c9-5(2-1-3-7(11)12)4-6(10)8(13)14/h5-6H,1-4,9-10H2,(H,11,12)(H,13,14). The summed E-state index contributed by atoms with van der Waals surface area (Å²) >= 11 is 0. The Morgan fingerprint density at radius 1 is 1.21 bits per heavy atom. The molecule has 0 saturated carbocycles. The van der Waals surface area contributed by atoms with Crippen molar-refractivity contribution in [2.75, 3.05) is 0 Å². The highest BCUT2D eigenvalue weighted by atomic mass is 16.4. The maximum atomic E-state index is 10.3. The van der Waals surface area contributed by atoms with Crippen LogP contribution >= 0.6 is 0 Å². The van der Waals surface area contributed by atoms with Crippen LogP contribution in [0.15, 0.2) is 0 Å². The van der Waals surface area contributed by atoms with E-state index in [0.717, 1.165) is 0 Å². The van der Waals surface area contributed by atoms with E-state index in [1.807, 2.05) is 0 Å². The third kappa shape index (κ3) is 6.38. The Morgan fingerprint density at radius 2 is 1.79 bits per heavy atom. The second-order valence-electron chi connectivity index (χ2n) is 3.23. The predicted octanol–water partition coefficient (Wildman–Crippen LogP) is -0.629. The lowest BCUT2D eigenvalue weighted by Gasteiger charge is -2.13. The average Bonchev–Trinajstić information content (AvgIpc) is 2.02. The van der Waals surface area contributed by atoms with E-state index < -0.39 is 18.0 Å². The number of nitrogens with two attached hydrogens (primary N) is 2. The van der Waals surface area contributed by atoms with Gasteiger partial charge in [0.1, 0.15) is 6.04 Å². The lowest BCUT2D eigenvalue weighted by molar-refractivity contribution is -0.139. The van der Waals surface area contributed by atoms with Gasteiger partial charge in [-0.15, -0.1) is 0 Å². The summed E-state index contributed by atoms with van der Waals surface area (Å²) in [5, 5.41) is 16.8. The van der Waals surface area contributed by atoms with Gasteiger partial charge in [-0.3, -0.25) is 9.59 Å². The van der Waals surface area contributed by atoms with Gasteiger partial charge in [0.05, 0.1) is 0 Å². The number of aliphatic carboxylic acids is 2. The molecule has 14 heavy (non-hydrogen) atoms. The molecular weight excluding hydrogens is 188 g/mol. The fourth-order valence-corrected chi connectivity index (χ4v) is 1.06. The second-order valence-corrected chi connectivity index (χ2v) is 3.23. The summed E-state index contributed by atoms with van der Waals surface area (Å²) in [6.07, 6.45) is 1.15. The number of carboxylic acids is 2. The molecule has 6 nitrogen and oxygen atoms in total. The molecule has 2 atom stereocenters. The molecule has 0 fully saturated rings. The summed E-state index contributed by atoms with van der Waals surface area (Å²) in [6.45, 7) is 0. The van der Waals surface area contributed by atoms with Crippen molar-refractivity contribution in [2.24, 2.45) is 11.5 Å². The minimum absolute atomic E-state index is 0.0516. The SMILES string of the molecule is NC(CCCC(=O)O)CC(N)C(=O)O. The Labute approximate surface area is 81.9 Å². The summed E-state index contributed by atoms with van der Waals surface area (Å²) in [7, 11) is 0. The van der Waals surface area contributed by atoms with Crippen LogP contribution in [0.25, 0.3) is 0 Å². The van der Waals surface area contributed by atoms with Crippen LogP contribution < -0.4 is 11.5 Å². The van der Waals surface area contributed by atoms with Gasteiger partial charge in [0, 0.05) is 12.5 Å². The van der Waals surface area contributed by atoms with Crippen LogP contribution in [0.2, 0.25) is 0 Å². The van der Waals surface area contributed by atoms with E-state index in [0.29, 0.717) is 12.8 Å². The quantitative estimate of drug-likeness (QED) is 0.437. The van der Waals surface area contributed by atoms with Crippen molar-refractivity contribution < 1.29 is 19.8 Å². The maximum absolute atomic E-state index is 10.3. The van der Waals surface area contributed by atoms with Gasteiger partial charge in [0.15, 0.2) is 0 Å². The van der Waals surface area contributed by atoms with Gasteiger partial charge in [-0.05, 0) is 19.3 Å². The highest BCUT2D eigenvalue weighted by molar-refractivity contribution is 5.73. The molecule has 82 valence electrons. The van der Waals surface area contributed by atoms with Gasteiger partial charge in [-0.2, -0.15) is 0 Å². The Bertz CT molecular complexity index is 208. The van der Waals surface area contributed by atoms with Crippen LogP contribution in [0, 0.1) is 0 Å². The predicted molar refractivity (Wildman–Crippen MR) is 49.7 cm³/mol. The van der Waals surface area contributed by atoms with Crippen molar-refractivity contribution in [3.05, 3.63) is 0 Å². The molecule has 2 unspecified atom stereocenters. The largest absolute Gasteiger partial charge is 0.481 e. The zero-order chi connectivity index (χ0) is 11.1. The van der Waals surface area contributed by atoms with Gasteiger partial charge in [-0.1, -0.05) is 0 Å². The van der Waals surface area contributed by atoms with E-state index in [-0.39, 0.29) is 18.9 Å². The second kappa shape index (κ2) is 6.33. The Kier molecular flexibility index (Phi) is 5.82. The van der Waals surface area contributed by atoms with E-state index >= 15 is 0 Å². The summed E-state index contributed by atoms with van der Waals surface area (Å²) in [5.74, 6) is -1.96. The Hall–Kier alpha value is -1.14. The first-order valence-electron chi connectivity index (χ1n) is 4.39. The number of hydrogen-bond acceptors (Lipinski definition) is 4. The zero-order valence-electron chi connectivity index (χ0n) is 7.85. The van der Waals surface area contributed by atoms with Crippen molar-refractivity contribution in [1.82, 2.24) is 0 Å². The van der Waals surface area contributed by atoms with Gasteiger partial charge in [-0.25, -0.2) is 0 Å². The molecule has 0 rings (SSSR count). The van der Waals surface area contributed by atoms with Crippen molar-refractivity contribution in [1.29, 1.82) is 0 Å². The Morgan fingerprint density at radius 3 is 2.21 bits per heavy atom. The molecule has 0 aromatic heterocycles. The molecule has 0 heterocycles. The highest BCUT2D eigenvalue weighted by Gasteiger charge is 2.15. The van der Waals surface area contributed by atoms with Gasteiger partial charge in [0.25, 0.3) is 0 Å². The lowest BCUT2D eigenvalue weighted by atomic mass is 10.0. The summed E-state index contributed by atoms with van der Waals surface area (Å²) < 4.78 is 0. The fourth-order valence-electron chi connectivity index (χ4n) is 1.06. The van der Waals surface area contributed by atoms with E-state index in [2.05, 4.69) is 0 Å². The van der Waals surface area contributed by atoms with E-state index in [1.54, 1.807) is 0 Å². The van der Waals surface area contributed by atoms with Crippen LogP contribution in [0.3, 0.4) is 0 Å². The van der Waals surface area contributed by atoms with Crippen molar-refractivity contribution >= 4 is 11.9 Å². The molecule has 0 bridgehead atoms. The van der Waals surface area contributed by atoms with E-state index in [1.165, 1.54) is 0 Å². The molecule has 6 heteroatoms. The van der Waals surface area contributed by atoms with E-state index in [4.69, 9.17) is 21.7 Å². The molecule has 0 amide bonds. The maximum Gasteiger partial charge on any atom is 0.320 e. The minimum atomic E-state index is -1.08. The number of hydrogen-bond donors (Lipinski definition) is 4. The summed E-state index contributed by atoms with van der Waals surface area (Å²) in [5.41, 5.74) is 10.8. The lowest BCUT2D eigenvalue weighted by Crippen LogP contribution is -2.37. The fraction of sp³-hybridized carbons (Fsp3) is 0.750. The highest BCUT2D eigenvalue weighted by Crippen LogP contribution is 2.04. The first-order chi connectivity index (χ1) is 6.43. The summed E-state index contributed by atoms with van der Waals surface area (Å²) in [4.78, 5) is 20.5. The van der Waals surface area contributed by atoms with E-state index in [9.17, 15) is 9.59 Å². The topological polar surface area (TPSA) is 127 Å². The minimum Gasteiger partial charge on any atom is -0.481 e. The number of carbonyl (C=O) groups is 2. The molecule has 0 aliphatic heterocycles. The first kappa shape index (κ1) is 12.9. The number of rotatable bonds is 7. The summed E-state index contributed by atoms with van der Waals surface area (Å²) in [6, 6.07) is -1.31. The normalized spacial score (nSPS) is 14.7. The van der Waals surface area contributed by atoms with Crippen molar-refractivity contribution in [3.8, 4) is 0 Å². The Balaban J connectivity index is 3.59. The monoisotopic (exact) mass is 204 g/mol. The molecule has 0 aliphatic rings. The molecule has 6 N–H and O–H groups in total. The van der Waals surface area contributed by atoms with Gasteiger partial charge >= 0.3 is 11.9 Å². The van der Waals surface area contributed by atoms with Crippen LogP contribution in [-0.4, -0.2) is 34.2 Å². The average molecular weight is 204 g/mol. The zero-order valence-corrected chi connectivity index (χ0v) is 7.85. The third-order valence-electron chi connectivity index (χ3n) is 1.84. The van der Waals surface area contributed by atoms with Crippen molar-refractivity contribution in [3.63, 3.8) is 0 Å². The third-order valence-corrected chi connectivity index (χ3v) is 1.84. The van der Waals surface area contributed by atoms with Crippen LogP contribution in [-0.2, 0) is 9.59 Å². The van der Waals surface area contributed by atoms with Gasteiger partial charge < -0.3 is 21.7 Å². The van der Waals surface area contributed by atoms with Crippen molar-refractivity contribution in [2.45, 2.75) is 37.8 Å².